The van der Waals surface area contributed by atoms with Crippen LogP contribution < -0.4 is 0 Å². The standard InChI is InChI=1S/C16H17ClN4OS/c1-10(2)14-19-15(22-20-14)11(3)23-16-18-7-8-21(16)13-6-4-5-12(17)9-13/h4-11H,1-3H3/t11-/m1/s1. The van der Waals surface area contributed by atoms with E-state index in [1.54, 1.807) is 18.0 Å². The molecule has 0 aliphatic heterocycles. The van der Waals surface area contributed by atoms with Crippen molar-refractivity contribution in [2.24, 2.45) is 0 Å². The van der Waals surface area contributed by atoms with Gasteiger partial charge in [0.15, 0.2) is 11.0 Å². The first-order valence-electron chi connectivity index (χ1n) is 7.34. The molecule has 0 aliphatic rings. The highest BCUT2D eigenvalue weighted by Gasteiger charge is 2.19. The maximum absolute atomic E-state index is 6.07. The molecule has 1 atom stereocenters. The van der Waals surface area contributed by atoms with E-state index in [9.17, 15) is 0 Å². The summed E-state index contributed by atoms with van der Waals surface area (Å²) < 4.78 is 7.35. The van der Waals surface area contributed by atoms with Crippen molar-refractivity contribution in [3.63, 3.8) is 0 Å². The van der Waals surface area contributed by atoms with Crippen LogP contribution >= 0.6 is 23.4 Å². The van der Waals surface area contributed by atoms with Gasteiger partial charge in [-0.25, -0.2) is 4.98 Å². The molecule has 2 heterocycles. The van der Waals surface area contributed by atoms with Crippen LogP contribution in [0.3, 0.4) is 0 Å². The third-order valence-corrected chi connectivity index (χ3v) is 4.60. The molecule has 2 aromatic heterocycles. The summed E-state index contributed by atoms with van der Waals surface area (Å²) in [5.41, 5.74) is 0.970. The van der Waals surface area contributed by atoms with Crippen molar-refractivity contribution in [2.75, 3.05) is 0 Å². The molecule has 3 aromatic rings. The Bertz CT molecular complexity index is 799. The molecule has 0 N–H and O–H groups in total. The number of hydrogen-bond acceptors (Lipinski definition) is 5. The summed E-state index contributed by atoms with van der Waals surface area (Å²) in [4.78, 5) is 8.87. The highest BCUT2D eigenvalue weighted by Crippen LogP contribution is 2.34. The second kappa shape index (κ2) is 6.76. The molecule has 0 unspecified atom stereocenters. The fourth-order valence-corrected chi connectivity index (χ4v) is 3.15. The van der Waals surface area contributed by atoms with Gasteiger partial charge in [0.1, 0.15) is 0 Å². The second-order valence-corrected chi connectivity index (χ2v) is 7.21. The Morgan fingerprint density at radius 2 is 2.09 bits per heavy atom. The van der Waals surface area contributed by atoms with Gasteiger partial charge in [0.05, 0.1) is 5.25 Å². The molecule has 0 aliphatic carbocycles. The number of imidazole rings is 1. The molecule has 0 fully saturated rings. The predicted octanol–water partition coefficient (Wildman–Crippen LogP) is 4.89. The van der Waals surface area contributed by atoms with Gasteiger partial charge in [-0.15, -0.1) is 0 Å². The largest absolute Gasteiger partial charge is 0.338 e. The van der Waals surface area contributed by atoms with Gasteiger partial charge in [0.2, 0.25) is 5.89 Å². The summed E-state index contributed by atoms with van der Waals surface area (Å²) >= 11 is 7.64. The van der Waals surface area contributed by atoms with E-state index in [1.165, 1.54) is 0 Å². The highest BCUT2D eigenvalue weighted by molar-refractivity contribution is 7.99. The number of hydrogen-bond donors (Lipinski definition) is 0. The third-order valence-electron chi connectivity index (χ3n) is 3.30. The lowest BCUT2D eigenvalue weighted by atomic mass is 10.2. The molecule has 0 radical (unpaired) electrons. The zero-order chi connectivity index (χ0) is 16.4. The minimum Gasteiger partial charge on any atom is -0.338 e. The summed E-state index contributed by atoms with van der Waals surface area (Å²) in [5, 5.41) is 5.57. The topological polar surface area (TPSA) is 56.7 Å². The van der Waals surface area contributed by atoms with E-state index in [-0.39, 0.29) is 11.2 Å². The molecule has 5 nitrogen and oxygen atoms in total. The number of thioether (sulfide) groups is 1. The van der Waals surface area contributed by atoms with Crippen molar-refractivity contribution in [3.8, 4) is 5.69 Å². The van der Waals surface area contributed by atoms with Gasteiger partial charge in [-0.2, -0.15) is 4.98 Å². The monoisotopic (exact) mass is 348 g/mol. The van der Waals surface area contributed by atoms with Crippen molar-refractivity contribution >= 4 is 23.4 Å². The van der Waals surface area contributed by atoms with Crippen LogP contribution in [0.2, 0.25) is 5.02 Å². The number of aromatic nitrogens is 4. The average molecular weight is 349 g/mol. The van der Waals surface area contributed by atoms with Crippen molar-refractivity contribution in [2.45, 2.75) is 37.1 Å². The summed E-state index contributed by atoms with van der Waals surface area (Å²) in [5.74, 6) is 1.59. The fraction of sp³-hybridized carbons (Fsp3) is 0.312. The summed E-state index contributed by atoms with van der Waals surface area (Å²) in [6.45, 7) is 6.11. The lowest BCUT2D eigenvalue weighted by Crippen LogP contribution is -1.98. The predicted molar refractivity (Wildman–Crippen MR) is 91.2 cm³/mol. The van der Waals surface area contributed by atoms with Gasteiger partial charge in [-0.3, -0.25) is 4.57 Å². The van der Waals surface area contributed by atoms with Crippen molar-refractivity contribution in [1.29, 1.82) is 0 Å². The van der Waals surface area contributed by atoms with Crippen molar-refractivity contribution in [3.05, 3.63) is 53.4 Å². The third kappa shape index (κ3) is 3.59. The molecule has 120 valence electrons. The lowest BCUT2D eigenvalue weighted by Gasteiger charge is -2.10. The van der Waals surface area contributed by atoms with Crippen molar-refractivity contribution < 1.29 is 4.52 Å². The number of benzene rings is 1. The molecule has 23 heavy (non-hydrogen) atoms. The Balaban J connectivity index is 1.82. The molecule has 0 spiro atoms. The molecule has 7 heteroatoms. The van der Waals surface area contributed by atoms with E-state index in [0.717, 1.165) is 16.7 Å². The van der Waals surface area contributed by atoms with Gasteiger partial charge >= 0.3 is 0 Å². The molecular weight excluding hydrogens is 332 g/mol. The first kappa shape index (κ1) is 16.1. The molecule has 0 saturated carbocycles. The Morgan fingerprint density at radius 1 is 1.26 bits per heavy atom. The van der Waals surface area contributed by atoms with Crippen LogP contribution in [0, 0.1) is 0 Å². The maximum atomic E-state index is 6.07. The van der Waals surface area contributed by atoms with Gasteiger partial charge in [0, 0.05) is 29.0 Å². The Morgan fingerprint density at radius 3 is 2.78 bits per heavy atom. The number of halogens is 1. The van der Waals surface area contributed by atoms with Crippen LogP contribution in [0.5, 0.6) is 0 Å². The van der Waals surface area contributed by atoms with Crippen LogP contribution in [0.15, 0.2) is 46.3 Å². The Labute approximate surface area is 144 Å². The van der Waals surface area contributed by atoms with E-state index >= 15 is 0 Å². The van der Waals surface area contributed by atoms with E-state index in [0.29, 0.717) is 10.9 Å². The van der Waals surface area contributed by atoms with Crippen LogP contribution in [0.4, 0.5) is 0 Å². The summed E-state index contributed by atoms with van der Waals surface area (Å²) in [6.07, 6.45) is 3.68. The fourth-order valence-electron chi connectivity index (χ4n) is 2.05. The SMILES string of the molecule is CC(C)c1noc([C@@H](C)Sc2nccn2-c2cccc(Cl)c2)n1. The zero-order valence-corrected chi connectivity index (χ0v) is 14.7. The van der Waals surface area contributed by atoms with E-state index in [4.69, 9.17) is 16.1 Å². The minimum absolute atomic E-state index is 0.00957. The first-order chi connectivity index (χ1) is 11.0. The molecule has 0 amide bonds. The smallest absolute Gasteiger partial charge is 0.239 e. The van der Waals surface area contributed by atoms with Crippen LogP contribution in [-0.2, 0) is 0 Å². The van der Waals surface area contributed by atoms with E-state index in [1.807, 2.05) is 55.8 Å². The van der Waals surface area contributed by atoms with E-state index in [2.05, 4.69) is 15.1 Å². The Hall–Kier alpha value is -1.79. The van der Waals surface area contributed by atoms with Gasteiger partial charge in [-0.1, -0.05) is 48.4 Å². The normalized spacial score (nSPS) is 12.7. The molecule has 0 saturated heterocycles. The lowest BCUT2D eigenvalue weighted by molar-refractivity contribution is 0.373. The molecule has 1 aromatic carbocycles. The molecule has 3 rings (SSSR count). The van der Waals surface area contributed by atoms with Gasteiger partial charge in [0.25, 0.3) is 0 Å². The number of rotatable bonds is 5. The average Bonchev–Trinajstić information content (AvgIpc) is 3.16. The number of nitrogens with zero attached hydrogens (tertiary/aromatic N) is 4. The van der Waals surface area contributed by atoms with E-state index < -0.39 is 0 Å². The Kier molecular flexibility index (Phi) is 4.73. The van der Waals surface area contributed by atoms with Crippen LogP contribution in [0.1, 0.15) is 43.7 Å². The zero-order valence-electron chi connectivity index (χ0n) is 13.1. The van der Waals surface area contributed by atoms with Crippen LogP contribution in [0.25, 0.3) is 5.69 Å². The molecular formula is C16H17ClN4OS. The van der Waals surface area contributed by atoms with Gasteiger partial charge < -0.3 is 4.52 Å². The molecule has 0 bridgehead atoms. The first-order valence-corrected chi connectivity index (χ1v) is 8.60. The quantitative estimate of drug-likeness (QED) is 0.615. The minimum atomic E-state index is 0.00957. The van der Waals surface area contributed by atoms with Crippen molar-refractivity contribution in [1.82, 2.24) is 19.7 Å². The maximum Gasteiger partial charge on any atom is 0.239 e. The summed E-state index contributed by atoms with van der Waals surface area (Å²) in [7, 11) is 0. The second-order valence-electron chi connectivity index (χ2n) is 5.47. The van der Waals surface area contributed by atoms with Gasteiger partial charge in [-0.05, 0) is 25.1 Å². The van der Waals surface area contributed by atoms with Crippen LogP contribution in [-0.4, -0.2) is 19.7 Å². The highest BCUT2D eigenvalue weighted by atomic mass is 35.5. The summed E-state index contributed by atoms with van der Waals surface area (Å²) in [6, 6.07) is 7.67.